The summed E-state index contributed by atoms with van der Waals surface area (Å²) in [6, 6.07) is 0.550. The fourth-order valence-electron chi connectivity index (χ4n) is 3.60. The van der Waals surface area contributed by atoms with Crippen molar-refractivity contribution in [3.05, 3.63) is 0 Å². The molecule has 5 nitrogen and oxygen atoms in total. The number of carbonyl (C=O) groups is 1. The van der Waals surface area contributed by atoms with Crippen LogP contribution in [0.4, 0.5) is 0 Å². The minimum atomic E-state index is -0.261. The smallest absolute Gasteiger partial charge is 0.210 e. The Morgan fingerprint density at radius 3 is 3.06 bits per heavy atom. The maximum Gasteiger partial charge on any atom is 0.210 e. The fourth-order valence-corrected chi connectivity index (χ4v) is 3.72. The quantitative estimate of drug-likeness (QED) is 0.610. The molecule has 1 saturated carbocycles. The van der Waals surface area contributed by atoms with Crippen LogP contribution in [0.5, 0.6) is 0 Å². The van der Waals surface area contributed by atoms with Gasteiger partial charge in [-0.1, -0.05) is 6.42 Å². The number of hydrogen-bond acceptors (Lipinski definition) is 4. The van der Waals surface area contributed by atoms with E-state index in [-0.39, 0.29) is 5.66 Å². The summed E-state index contributed by atoms with van der Waals surface area (Å²) in [6.07, 6.45) is 5.53. The van der Waals surface area contributed by atoms with Crippen LogP contribution in [0.1, 0.15) is 25.7 Å². The first-order valence-electron chi connectivity index (χ1n) is 6.51. The van der Waals surface area contributed by atoms with E-state index >= 15 is 0 Å². The molecule has 2 bridgehead atoms. The predicted molar refractivity (Wildman–Crippen MR) is 72.9 cm³/mol. The molecule has 0 radical (unpaired) electrons. The molecule has 3 rings (SSSR count). The van der Waals surface area contributed by atoms with Crippen molar-refractivity contribution >= 4 is 22.7 Å². The van der Waals surface area contributed by atoms with Crippen molar-refractivity contribution < 1.29 is 8.62 Å². The molecule has 2 aliphatic heterocycles. The third kappa shape index (κ3) is 2.43. The molecule has 1 N–H and O–H groups in total. The van der Waals surface area contributed by atoms with Gasteiger partial charge in [0.05, 0.1) is 0 Å². The normalized spacial score (nSPS) is 36.4. The van der Waals surface area contributed by atoms with Gasteiger partial charge >= 0.3 is 0 Å². The number of hydrogen-bond donors (Lipinski definition) is 1. The van der Waals surface area contributed by atoms with Crippen LogP contribution in [-0.4, -0.2) is 55.3 Å². The molecule has 0 spiro atoms. The van der Waals surface area contributed by atoms with Crippen molar-refractivity contribution in [2.24, 2.45) is 5.92 Å². The minimum absolute atomic E-state index is 0.261. The SMILES string of the molecule is CN1CC2CCCC1CC2(NCOBr)N(C)C=O. The Balaban J connectivity index is 2.25. The molecule has 3 unspecified atom stereocenters. The molecule has 2 saturated heterocycles. The number of halogens is 1. The van der Waals surface area contributed by atoms with Crippen LogP contribution in [0.25, 0.3) is 0 Å². The highest BCUT2D eigenvalue weighted by molar-refractivity contribution is 9.06. The third-order valence-electron chi connectivity index (χ3n) is 4.66. The van der Waals surface area contributed by atoms with E-state index in [0.29, 0.717) is 18.7 Å². The highest BCUT2D eigenvalue weighted by atomic mass is 79.9. The standard InChI is InChI=1S/C12H22BrN3O2/c1-15-7-10-4-3-5-11(15)6-12(10,14-8-18-13)16(2)9-17/h9-11,14H,3-8H2,1-2H3. The van der Waals surface area contributed by atoms with Crippen molar-refractivity contribution in [3.8, 4) is 0 Å². The topological polar surface area (TPSA) is 44.8 Å². The first-order chi connectivity index (χ1) is 8.64. The first kappa shape index (κ1) is 14.2. The number of nitrogens with one attached hydrogen (secondary N) is 1. The highest BCUT2D eigenvalue weighted by Crippen LogP contribution is 2.40. The largest absolute Gasteiger partial charge is 0.330 e. The Kier molecular flexibility index (Phi) is 4.64. The van der Waals surface area contributed by atoms with E-state index < -0.39 is 0 Å². The molecular formula is C12H22BrN3O2. The average Bonchev–Trinajstić information content (AvgIpc) is 2.67. The van der Waals surface area contributed by atoms with Gasteiger partial charge in [-0.2, -0.15) is 0 Å². The fraction of sp³-hybridized carbons (Fsp3) is 0.917. The summed E-state index contributed by atoms with van der Waals surface area (Å²) in [7, 11) is 4.06. The van der Waals surface area contributed by atoms with Crippen molar-refractivity contribution in [3.63, 3.8) is 0 Å². The molecule has 3 fully saturated rings. The van der Waals surface area contributed by atoms with E-state index in [0.717, 1.165) is 25.8 Å². The van der Waals surface area contributed by atoms with Crippen LogP contribution >= 0.6 is 16.3 Å². The summed E-state index contributed by atoms with van der Waals surface area (Å²) in [6.45, 7) is 1.45. The Hall–Kier alpha value is -0.170. The Labute approximate surface area is 117 Å². The monoisotopic (exact) mass is 319 g/mol. The molecule has 3 atom stereocenters. The second kappa shape index (κ2) is 5.86. The molecule has 0 aromatic carbocycles. The molecule has 104 valence electrons. The number of nitrogens with zero attached hydrogens (tertiary/aromatic N) is 2. The van der Waals surface area contributed by atoms with Crippen LogP contribution in [0.2, 0.25) is 0 Å². The van der Waals surface area contributed by atoms with Crippen LogP contribution in [0.3, 0.4) is 0 Å². The number of amides is 1. The zero-order valence-electron chi connectivity index (χ0n) is 11.1. The third-order valence-corrected chi connectivity index (χ3v) is 4.89. The summed E-state index contributed by atoms with van der Waals surface area (Å²) < 4.78 is 4.98. The van der Waals surface area contributed by atoms with Gasteiger partial charge in [0.2, 0.25) is 6.41 Å². The molecule has 2 heterocycles. The number of rotatable bonds is 5. The maximum absolute atomic E-state index is 11.3. The zero-order chi connectivity index (χ0) is 13.2. The van der Waals surface area contributed by atoms with Crippen LogP contribution in [0.15, 0.2) is 0 Å². The molecular weight excluding hydrogens is 298 g/mol. The van der Waals surface area contributed by atoms with E-state index in [1.54, 1.807) is 4.90 Å². The Bertz CT molecular complexity index is 305. The minimum Gasteiger partial charge on any atom is -0.330 e. The first-order valence-corrected chi connectivity index (χ1v) is 7.16. The molecule has 1 amide bonds. The molecule has 0 aromatic rings. The molecule has 6 heteroatoms. The van der Waals surface area contributed by atoms with Crippen LogP contribution in [-0.2, 0) is 8.62 Å². The van der Waals surface area contributed by atoms with Crippen molar-refractivity contribution in [1.82, 2.24) is 15.1 Å². The average molecular weight is 320 g/mol. The van der Waals surface area contributed by atoms with E-state index in [4.69, 9.17) is 3.83 Å². The zero-order valence-corrected chi connectivity index (χ0v) is 12.6. The lowest BCUT2D eigenvalue weighted by Crippen LogP contribution is -2.68. The molecule has 0 aromatic heterocycles. The number of piperidine rings is 1. The van der Waals surface area contributed by atoms with Gasteiger partial charge < -0.3 is 9.80 Å². The van der Waals surface area contributed by atoms with Crippen molar-refractivity contribution in [2.45, 2.75) is 37.4 Å². The predicted octanol–water partition coefficient (Wildman–Crippen LogP) is 1.15. The van der Waals surface area contributed by atoms with E-state index in [1.165, 1.54) is 12.8 Å². The van der Waals surface area contributed by atoms with E-state index in [9.17, 15) is 4.79 Å². The van der Waals surface area contributed by atoms with Gasteiger partial charge in [-0.25, -0.2) is 0 Å². The van der Waals surface area contributed by atoms with Gasteiger partial charge in [0.1, 0.15) is 28.7 Å². The van der Waals surface area contributed by atoms with Gasteiger partial charge in [-0.3, -0.25) is 13.9 Å². The summed E-state index contributed by atoms with van der Waals surface area (Å²) in [5, 5.41) is 3.43. The molecule has 1 aliphatic carbocycles. The molecule has 18 heavy (non-hydrogen) atoms. The van der Waals surface area contributed by atoms with Gasteiger partial charge in [-0.15, -0.1) is 0 Å². The van der Waals surface area contributed by atoms with Gasteiger partial charge in [-0.05, 0) is 26.3 Å². The Morgan fingerprint density at radius 2 is 2.39 bits per heavy atom. The summed E-state index contributed by atoms with van der Waals surface area (Å²) in [5.41, 5.74) is -0.261. The number of carbonyl (C=O) groups excluding carboxylic acids is 1. The van der Waals surface area contributed by atoms with Crippen LogP contribution < -0.4 is 5.32 Å². The maximum atomic E-state index is 11.3. The number of fused-ring (bicyclic) bond motifs is 4. The summed E-state index contributed by atoms with van der Waals surface area (Å²) >= 11 is 2.98. The van der Waals surface area contributed by atoms with Gasteiger partial charge in [0, 0.05) is 25.6 Å². The lowest BCUT2D eigenvalue weighted by atomic mass is 9.81. The van der Waals surface area contributed by atoms with E-state index in [2.05, 4.69) is 33.5 Å². The molecule has 3 aliphatic rings. The van der Waals surface area contributed by atoms with E-state index in [1.807, 2.05) is 7.05 Å². The van der Waals surface area contributed by atoms with Crippen molar-refractivity contribution in [2.75, 3.05) is 27.4 Å². The summed E-state index contributed by atoms with van der Waals surface area (Å²) in [5.74, 6) is 0.457. The lowest BCUT2D eigenvalue weighted by Gasteiger charge is -2.52. The van der Waals surface area contributed by atoms with Gasteiger partial charge in [0.25, 0.3) is 0 Å². The lowest BCUT2D eigenvalue weighted by molar-refractivity contribution is -0.132. The van der Waals surface area contributed by atoms with Crippen LogP contribution in [0, 0.1) is 5.92 Å². The Morgan fingerprint density at radius 1 is 1.61 bits per heavy atom. The highest BCUT2D eigenvalue weighted by Gasteiger charge is 2.49. The second-order valence-corrected chi connectivity index (χ2v) is 5.95. The second-order valence-electron chi connectivity index (χ2n) is 5.50. The van der Waals surface area contributed by atoms with Crippen molar-refractivity contribution in [1.29, 1.82) is 0 Å². The summed E-state index contributed by atoms with van der Waals surface area (Å²) in [4.78, 5) is 15.5. The van der Waals surface area contributed by atoms with Gasteiger partial charge in [0.15, 0.2) is 0 Å².